The Balaban J connectivity index is 3.90. The Morgan fingerprint density at radius 3 is 2.50 bits per heavy atom. The summed E-state index contributed by atoms with van der Waals surface area (Å²) in [6.45, 7) is 5.72. The fourth-order valence-electron chi connectivity index (χ4n) is 0.537. The van der Waals surface area contributed by atoms with Crippen LogP contribution < -0.4 is 0 Å². The van der Waals surface area contributed by atoms with Gasteiger partial charge in [0.1, 0.15) is 0 Å². The quantitative estimate of drug-likeness (QED) is 0.183. The molecule has 0 aliphatic carbocycles. The number of phosphoric acid groups is 1. The predicted octanol–water partition coefficient (Wildman–Crippen LogP) is -0.201. The van der Waals surface area contributed by atoms with Crippen molar-refractivity contribution < 1.29 is 36.2 Å². The Morgan fingerprint density at radius 2 is 2.00 bits per heavy atom. The Morgan fingerprint density at radius 1 is 1.39 bits per heavy atom. The number of ether oxygens (including phenoxy) is 1. The molecule has 0 amide bonds. The van der Waals surface area contributed by atoms with Crippen molar-refractivity contribution >= 4 is 41.8 Å². The van der Waals surface area contributed by atoms with Gasteiger partial charge in [-0.05, 0) is 0 Å². The summed E-state index contributed by atoms with van der Waals surface area (Å²) in [6, 6.07) is 0. The molecule has 0 rings (SSSR count). The van der Waals surface area contributed by atoms with E-state index in [1.165, 1.54) is 0 Å². The van der Waals surface area contributed by atoms with E-state index in [0.29, 0.717) is 0 Å². The summed E-state index contributed by atoms with van der Waals surface area (Å²) in [5, 5.41) is 8.47. The molecule has 0 saturated carbocycles. The molecule has 0 aromatic carbocycles. The topological polar surface area (TPSA) is 119 Å². The second kappa shape index (κ2) is 8.45. The van der Waals surface area contributed by atoms with Crippen LogP contribution >= 0.6 is 7.82 Å². The second-order valence-corrected chi connectivity index (χ2v) is 7.90. The van der Waals surface area contributed by atoms with E-state index in [4.69, 9.17) is 10.00 Å². The average Bonchev–Trinajstić information content (AvgIpc) is 2.31. The average molecular weight is 389 g/mol. The van der Waals surface area contributed by atoms with Gasteiger partial charge in [-0.15, -0.1) is 0 Å². The second-order valence-electron chi connectivity index (χ2n) is 2.65. The number of hydrogen-bond acceptors (Lipinski definition) is 6. The number of esters is 1. The number of phosphoric ester groups is 1. The maximum atomic E-state index is 11.2. The Kier molecular flexibility index (Phi) is 8.14. The molecule has 0 radical (unpaired) electrons. The molecule has 18 heavy (non-hydrogen) atoms. The van der Waals surface area contributed by atoms with E-state index in [1.807, 2.05) is 0 Å². The maximum absolute atomic E-state index is 11.2. The van der Waals surface area contributed by atoms with Crippen LogP contribution in [0.15, 0.2) is 22.8 Å². The number of carbonyl (C=O) groups excluding carboxylic acids is 1. The molecule has 0 fully saturated rings. The molecule has 8 nitrogen and oxygen atoms in total. The summed E-state index contributed by atoms with van der Waals surface area (Å²) in [4.78, 5) is 30.1. The van der Waals surface area contributed by atoms with Gasteiger partial charge >= 0.3 is 114 Å². The molecule has 0 saturated heterocycles. The third-order valence-electron chi connectivity index (χ3n) is 1.29. The zero-order valence-corrected chi connectivity index (χ0v) is 12.9. The summed E-state index contributed by atoms with van der Waals surface area (Å²) in [6.07, 6.45) is 0.931. The molecule has 0 spiro atoms. The molecule has 0 aromatic heterocycles. The van der Waals surface area contributed by atoms with Crippen molar-refractivity contribution in [1.29, 1.82) is 0 Å². The third-order valence-corrected chi connectivity index (χ3v) is 6.19. The standard InChI is InChI=1S/C5H9O6P.C3H3O2.Sb.H/c1-2-5(6)10-3-4-11-12(7,8)9;1-2-3(4)5;;/h2H,1,3-4H2,(H2,7,8,9);1H2,(H,4,5);;/q;;+1;/p-1. The van der Waals surface area contributed by atoms with Crippen LogP contribution in [0.2, 0.25) is 0 Å². The molecule has 1 unspecified atom stereocenters. The number of aliphatic carboxylic acids is 1. The first-order chi connectivity index (χ1) is 8.28. The van der Waals surface area contributed by atoms with Crippen LogP contribution in [0, 0.1) is 0 Å². The van der Waals surface area contributed by atoms with Gasteiger partial charge in [0.2, 0.25) is 0 Å². The molecule has 2 N–H and O–H groups in total. The van der Waals surface area contributed by atoms with Gasteiger partial charge < -0.3 is 0 Å². The molecule has 0 aliphatic heterocycles. The van der Waals surface area contributed by atoms with Gasteiger partial charge in [0.25, 0.3) is 0 Å². The van der Waals surface area contributed by atoms with E-state index >= 15 is 0 Å². The molecular weight excluding hydrogens is 377 g/mol. The Labute approximate surface area is 114 Å². The molecular formula is C8H12O8PSb. The third kappa shape index (κ3) is 8.44. The molecule has 0 aromatic rings. The van der Waals surface area contributed by atoms with Crippen LogP contribution in [0.25, 0.3) is 0 Å². The van der Waals surface area contributed by atoms with E-state index in [1.54, 1.807) is 0 Å². The monoisotopic (exact) mass is 388 g/mol. The number of rotatable bonds is 9. The fraction of sp³-hybridized carbons (Fsp3) is 0.250. The minimum absolute atomic E-state index is 0.227. The van der Waals surface area contributed by atoms with Crippen molar-refractivity contribution in [3.63, 3.8) is 0 Å². The van der Waals surface area contributed by atoms with Gasteiger partial charge in [-0.1, -0.05) is 0 Å². The van der Waals surface area contributed by atoms with Crippen molar-refractivity contribution in [3.8, 4) is 0 Å². The van der Waals surface area contributed by atoms with Gasteiger partial charge in [-0.2, -0.15) is 0 Å². The van der Waals surface area contributed by atoms with Crippen LogP contribution in [0.3, 0.4) is 0 Å². The van der Waals surface area contributed by atoms with Crippen molar-refractivity contribution in [3.05, 3.63) is 22.8 Å². The summed E-state index contributed by atoms with van der Waals surface area (Å²) in [5.74, 6) is -1.97. The fourth-order valence-corrected chi connectivity index (χ4v) is 3.75. The van der Waals surface area contributed by atoms with Crippen LogP contribution in [0.4, 0.5) is 0 Å². The molecule has 0 aliphatic rings. The van der Waals surface area contributed by atoms with Crippen molar-refractivity contribution in [1.82, 2.24) is 0 Å². The summed E-state index contributed by atoms with van der Waals surface area (Å²) in [5.41, 5.74) is 0. The number of carbonyl (C=O) groups is 2. The van der Waals surface area contributed by atoms with Gasteiger partial charge in [0, 0.05) is 0 Å². The predicted molar refractivity (Wildman–Crippen MR) is 61.9 cm³/mol. The van der Waals surface area contributed by atoms with Crippen molar-refractivity contribution in [2.45, 2.75) is 0 Å². The first-order valence-electron chi connectivity index (χ1n) is 4.42. The SMILES string of the molecule is C=CC(=O)OCCOP(=O)(O)[O][SbH][C](=C)C(=O)O. The molecule has 102 valence electrons. The zero-order chi connectivity index (χ0) is 14.2. The molecule has 0 bridgehead atoms. The normalized spacial score (nSPS) is 13.4. The van der Waals surface area contributed by atoms with Gasteiger partial charge in [0.15, 0.2) is 0 Å². The minimum atomic E-state index is -4.32. The van der Waals surface area contributed by atoms with Crippen LogP contribution in [-0.2, 0) is 26.2 Å². The van der Waals surface area contributed by atoms with Crippen molar-refractivity contribution in [2.75, 3.05) is 13.2 Å². The number of carboxylic acids is 1. The van der Waals surface area contributed by atoms with Crippen molar-refractivity contribution in [2.24, 2.45) is 0 Å². The van der Waals surface area contributed by atoms with E-state index in [2.05, 4.69) is 25.2 Å². The Hall–Kier alpha value is -0.652. The van der Waals surface area contributed by atoms with E-state index < -0.39 is 41.8 Å². The first kappa shape index (κ1) is 17.3. The van der Waals surface area contributed by atoms with Crippen LogP contribution in [0.5, 0.6) is 0 Å². The summed E-state index contributed by atoms with van der Waals surface area (Å²) in [7, 11) is -4.32. The van der Waals surface area contributed by atoms with E-state index in [-0.39, 0.29) is 16.7 Å². The van der Waals surface area contributed by atoms with E-state index in [0.717, 1.165) is 6.08 Å². The number of hydrogen-bond donors (Lipinski definition) is 2. The van der Waals surface area contributed by atoms with Gasteiger partial charge in [0.05, 0.1) is 0 Å². The Bertz CT molecular complexity index is 393. The van der Waals surface area contributed by atoms with Crippen LogP contribution in [0.1, 0.15) is 0 Å². The van der Waals surface area contributed by atoms with Gasteiger partial charge in [-0.3, -0.25) is 0 Å². The molecule has 0 heterocycles. The first-order valence-corrected chi connectivity index (χ1v) is 8.50. The number of carboxylic acid groups (broad SMARTS) is 1. The zero-order valence-electron chi connectivity index (χ0n) is 9.20. The van der Waals surface area contributed by atoms with Crippen LogP contribution in [-0.4, -0.2) is 57.2 Å². The molecule has 1 atom stereocenters. The van der Waals surface area contributed by atoms with Gasteiger partial charge in [-0.25, -0.2) is 0 Å². The van der Waals surface area contributed by atoms with E-state index in [9.17, 15) is 14.2 Å². The summed E-state index contributed by atoms with van der Waals surface area (Å²) < 4.78 is 24.4. The summed E-state index contributed by atoms with van der Waals surface area (Å²) >= 11 is -2.21. The molecule has 10 heteroatoms.